The van der Waals surface area contributed by atoms with Crippen molar-refractivity contribution in [2.24, 2.45) is 0 Å². The van der Waals surface area contributed by atoms with Crippen LogP contribution in [0.25, 0.3) is 20.7 Å². The Morgan fingerprint density at radius 2 is 2.08 bits per heavy atom. The Bertz CT molecular complexity index is 915. The molecule has 24 heavy (non-hydrogen) atoms. The van der Waals surface area contributed by atoms with Gasteiger partial charge in [-0.3, -0.25) is 14.2 Å². The van der Waals surface area contributed by atoms with E-state index in [1.807, 2.05) is 50.2 Å². The molecule has 0 radical (unpaired) electrons. The quantitative estimate of drug-likeness (QED) is 0.776. The second-order valence-electron chi connectivity index (χ2n) is 5.75. The maximum absolute atomic E-state index is 12.6. The van der Waals surface area contributed by atoms with Crippen LogP contribution in [0.3, 0.4) is 0 Å². The molecule has 3 rings (SSSR count). The van der Waals surface area contributed by atoms with Gasteiger partial charge >= 0.3 is 0 Å². The molecule has 2 aromatic heterocycles. The Morgan fingerprint density at radius 3 is 2.79 bits per heavy atom. The Hall–Kier alpha value is -2.47. The molecule has 1 atom stereocenters. The predicted octanol–water partition coefficient (Wildman–Crippen LogP) is 3.04. The lowest BCUT2D eigenvalue weighted by molar-refractivity contribution is -0.122. The third-order valence-electron chi connectivity index (χ3n) is 3.91. The number of hydrogen-bond donors (Lipinski definition) is 1. The zero-order valence-electron chi connectivity index (χ0n) is 13.7. The minimum Gasteiger partial charge on any atom is -0.352 e. The van der Waals surface area contributed by atoms with Crippen LogP contribution in [0.2, 0.25) is 0 Å². The molecule has 0 aliphatic rings. The topological polar surface area (TPSA) is 64.0 Å². The highest BCUT2D eigenvalue weighted by Crippen LogP contribution is 2.30. The molecule has 0 bridgehead atoms. The average molecular weight is 341 g/mol. The third kappa shape index (κ3) is 3.38. The highest BCUT2D eigenvalue weighted by Gasteiger charge is 2.13. The third-order valence-corrected chi connectivity index (χ3v) is 5.00. The Labute approximate surface area is 144 Å². The number of aromatic nitrogens is 2. The molecule has 0 spiro atoms. The summed E-state index contributed by atoms with van der Waals surface area (Å²) in [5, 5.41) is 3.41. The van der Waals surface area contributed by atoms with Gasteiger partial charge in [0.15, 0.2) is 0 Å². The Morgan fingerprint density at radius 1 is 1.33 bits per heavy atom. The monoisotopic (exact) mass is 341 g/mol. The number of thiophene rings is 1. The van der Waals surface area contributed by atoms with E-state index < -0.39 is 0 Å². The molecule has 124 valence electrons. The normalized spacial score (nSPS) is 12.2. The number of benzene rings is 1. The van der Waals surface area contributed by atoms with Gasteiger partial charge in [-0.1, -0.05) is 37.3 Å². The molecule has 0 fully saturated rings. The molecule has 0 aliphatic carbocycles. The average Bonchev–Trinajstić information content (AvgIpc) is 3.03. The van der Waals surface area contributed by atoms with Crippen LogP contribution < -0.4 is 10.9 Å². The van der Waals surface area contributed by atoms with Crippen LogP contribution in [0.4, 0.5) is 0 Å². The number of hydrogen-bond acceptors (Lipinski definition) is 4. The summed E-state index contributed by atoms with van der Waals surface area (Å²) in [4.78, 5) is 30.6. The van der Waals surface area contributed by atoms with Gasteiger partial charge in [0.1, 0.15) is 11.4 Å². The van der Waals surface area contributed by atoms with Gasteiger partial charge in [-0.05, 0) is 25.0 Å². The summed E-state index contributed by atoms with van der Waals surface area (Å²) in [6, 6.07) is 11.8. The second kappa shape index (κ2) is 6.97. The number of amides is 1. The Kier molecular flexibility index (Phi) is 4.76. The van der Waals surface area contributed by atoms with Crippen LogP contribution >= 0.6 is 11.3 Å². The molecule has 1 amide bonds. The minimum atomic E-state index is -0.183. The first-order chi connectivity index (χ1) is 11.6. The van der Waals surface area contributed by atoms with Gasteiger partial charge in [0.2, 0.25) is 5.91 Å². The zero-order valence-corrected chi connectivity index (χ0v) is 14.5. The maximum atomic E-state index is 12.6. The van der Waals surface area contributed by atoms with E-state index in [2.05, 4.69) is 10.3 Å². The second-order valence-corrected chi connectivity index (χ2v) is 6.78. The van der Waals surface area contributed by atoms with Crippen LogP contribution in [-0.4, -0.2) is 21.5 Å². The minimum absolute atomic E-state index is 0.0113. The highest BCUT2D eigenvalue weighted by atomic mass is 32.1. The first-order valence-corrected chi connectivity index (χ1v) is 8.74. The van der Waals surface area contributed by atoms with Gasteiger partial charge < -0.3 is 5.32 Å². The lowest BCUT2D eigenvalue weighted by Gasteiger charge is -2.11. The van der Waals surface area contributed by atoms with Crippen molar-refractivity contribution in [3.8, 4) is 10.4 Å². The highest BCUT2D eigenvalue weighted by molar-refractivity contribution is 7.21. The van der Waals surface area contributed by atoms with Gasteiger partial charge in [-0.25, -0.2) is 4.98 Å². The summed E-state index contributed by atoms with van der Waals surface area (Å²) in [5.41, 5.74) is 0.874. The number of fused-ring (bicyclic) bond motifs is 1. The number of carbonyl (C=O) groups excluding carboxylic acids is 1. The van der Waals surface area contributed by atoms with Crippen molar-refractivity contribution in [3.05, 3.63) is 53.1 Å². The van der Waals surface area contributed by atoms with E-state index in [1.165, 1.54) is 22.2 Å². The Balaban J connectivity index is 1.91. The number of carbonyl (C=O) groups is 1. The molecule has 0 aliphatic heterocycles. The van der Waals surface area contributed by atoms with E-state index in [0.29, 0.717) is 10.2 Å². The fourth-order valence-electron chi connectivity index (χ4n) is 2.39. The van der Waals surface area contributed by atoms with E-state index in [-0.39, 0.29) is 24.1 Å². The summed E-state index contributed by atoms with van der Waals surface area (Å²) in [7, 11) is 0. The van der Waals surface area contributed by atoms with E-state index in [0.717, 1.165) is 16.9 Å². The molecule has 1 unspecified atom stereocenters. The standard InChI is InChI=1S/C18H19N3O2S/c1-3-12(2)20-16(22)10-21-11-19-17-14(18(21)23)9-15(24-17)13-7-5-4-6-8-13/h4-9,11-12H,3,10H2,1-2H3,(H,20,22). The van der Waals surface area contributed by atoms with Gasteiger partial charge in [0, 0.05) is 10.9 Å². The van der Waals surface area contributed by atoms with Crippen molar-refractivity contribution in [3.63, 3.8) is 0 Å². The van der Waals surface area contributed by atoms with Gasteiger partial charge in [-0.15, -0.1) is 11.3 Å². The van der Waals surface area contributed by atoms with Crippen LogP contribution in [-0.2, 0) is 11.3 Å². The molecule has 6 heteroatoms. The smallest absolute Gasteiger partial charge is 0.262 e. The van der Waals surface area contributed by atoms with Gasteiger partial charge in [-0.2, -0.15) is 0 Å². The van der Waals surface area contributed by atoms with Crippen molar-refractivity contribution in [1.82, 2.24) is 14.9 Å². The van der Waals surface area contributed by atoms with E-state index in [4.69, 9.17) is 0 Å². The summed E-state index contributed by atoms with van der Waals surface area (Å²) in [6.45, 7) is 3.93. The van der Waals surface area contributed by atoms with Gasteiger partial charge in [0.05, 0.1) is 11.7 Å². The molecule has 1 N–H and O–H groups in total. The molecule has 5 nitrogen and oxygen atoms in total. The van der Waals surface area contributed by atoms with Crippen LogP contribution in [0.15, 0.2) is 47.5 Å². The molecule has 0 saturated carbocycles. The van der Waals surface area contributed by atoms with Gasteiger partial charge in [0.25, 0.3) is 5.56 Å². The number of rotatable bonds is 5. The molecular weight excluding hydrogens is 322 g/mol. The van der Waals surface area contributed by atoms with E-state index >= 15 is 0 Å². The fraction of sp³-hybridized carbons (Fsp3) is 0.278. The summed E-state index contributed by atoms with van der Waals surface area (Å²) < 4.78 is 1.36. The number of nitrogens with zero attached hydrogens (tertiary/aromatic N) is 2. The van der Waals surface area contributed by atoms with Crippen molar-refractivity contribution >= 4 is 27.5 Å². The lowest BCUT2D eigenvalue weighted by atomic mass is 10.2. The molecule has 1 aromatic carbocycles. The van der Waals surface area contributed by atoms with Crippen molar-refractivity contribution in [2.75, 3.05) is 0 Å². The summed E-state index contributed by atoms with van der Waals surface area (Å²) >= 11 is 1.48. The van der Waals surface area contributed by atoms with E-state index in [9.17, 15) is 9.59 Å². The first-order valence-electron chi connectivity index (χ1n) is 7.92. The van der Waals surface area contributed by atoms with Crippen molar-refractivity contribution in [1.29, 1.82) is 0 Å². The number of nitrogens with one attached hydrogen (secondary N) is 1. The molecule has 0 saturated heterocycles. The zero-order chi connectivity index (χ0) is 17.1. The van der Waals surface area contributed by atoms with Crippen LogP contribution in [0, 0.1) is 0 Å². The molecule has 2 heterocycles. The molecule has 3 aromatic rings. The van der Waals surface area contributed by atoms with E-state index in [1.54, 1.807) is 0 Å². The molecular formula is C18H19N3O2S. The van der Waals surface area contributed by atoms with Crippen LogP contribution in [0.1, 0.15) is 20.3 Å². The lowest BCUT2D eigenvalue weighted by Crippen LogP contribution is -2.37. The van der Waals surface area contributed by atoms with Crippen molar-refractivity contribution in [2.45, 2.75) is 32.9 Å². The van der Waals surface area contributed by atoms with Crippen LogP contribution in [0.5, 0.6) is 0 Å². The largest absolute Gasteiger partial charge is 0.352 e. The summed E-state index contributed by atoms with van der Waals surface area (Å²) in [6.07, 6.45) is 2.30. The summed E-state index contributed by atoms with van der Waals surface area (Å²) in [5.74, 6) is -0.175. The predicted molar refractivity (Wildman–Crippen MR) is 97.2 cm³/mol. The SMILES string of the molecule is CCC(C)NC(=O)Cn1cnc2sc(-c3ccccc3)cc2c1=O. The fourth-order valence-corrected chi connectivity index (χ4v) is 3.39. The maximum Gasteiger partial charge on any atom is 0.262 e. The first kappa shape index (κ1) is 16.4. The van der Waals surface area contributed by atoms with Crippen molar-refractivity contribution < 1.29 is 4.79 Å².